The van der Waals surface area contributed by atoms with Gasteiger partial charge in [0.1, 0.15) is 12.3 Å². The van der Waals surface area contributed by atoms with Crippen LogP contribution >= 0.6 is 0 Å². The molecule has 1 N–H and O–H groups in total. The number of ether oxygens (including phenoxy) is 1. The number of pyridine rings is 1. The monoisotopic (exact) mass is 339 g/mol. The molecule has 0 spiro atoms. The number of likely N-dealkylation sites (tertiary alicyclic amines) is 1. The third kappa shape index (κ3) is 4.41. The van der Waals surface area contributed by atoms with E-state index in [9.17, 15) is 14.4 Å². The second kappa shape index (κ2) is 7.57. The molecule has 2 heterocycles. The van der Waals surface area contributed by atoms with Gasteiger partial charge in [-0.25, -0.2) is 4.98 Å². The van der Waals surface area contributed by atoms with E-state index in [1.54, 1.807) is 30.5 Å². The third-order valence-electron chi connectivity index (χ3n) is 3.70. The van der Waals surface area contributed by atoms with Crippen molar-refractivity contribution in [2.45, 2.75) is 19.4 Å². The van der Waals surface area contributed by atoms with Crippen molar-refractivity contribution in [3.8, 4) is 11.6 Å². The highest BCUT2D eigenvalue weighted by Gasteiger charge is 2.30. The number of benzene rings is 1. The predicted molar refractivity (Wildman–Crippen MR) is 88.6 cm³/mol. The van der Waals surface area contributed by atoms with Crippen LogP contribution in [0.5, 0.6) is 11.6 Å². The van der Waals surface area contributed by atoms with Crippen LogP contribution in [-0.2, 0) is 20.9 Å². The average molecular weight is 339 g/mol. The Morgan fingerprint density at radius 1 is 1.12 bits per heavy atom. The molecule has 0 saturated carbocycles. The van der Waals surface area contributed by atoms with Gasteiger partial charge in [-0.2, -0.15) is 0 Å². The van der Waals surface area contributed by atoms with Crippen LogP contribution in [0.15, 0.2) is 48.7 Å². The fraction of sp³-hybridized carbons (Fsp3) is 0.222. The lowest BCUT2D eigenvalue weighted by Crippen LogP contribution is -2.39. The maximum Gasteiger partial charge on any atom is 0.240 e. The highest BCUT2D eigenvalue weighted by atomic mass is 16.5. The quantitative estimate of drug-likeness (QED) is 0.808. The molecule has 128 valence electrons. The lowest BCUT2D eigenvalue weighted by molar-refractivity contribution is -0.142. The predicted octanol–water partition coefficient (Wildman–Crippen LogP) is 1.64. The summed E-state index contributed by atoms with van der Waals surface area (Å²) in [6, 6.07) is 12.6. The van der Waals surface area contributed by atoms with Gasteiger partial charge in [0, 0.05) is 31.6 Å². The molecule has 0 atom stereocenters. The number of aromatic nitrogens is 1. The molecule has 1 aromatic heterocycles. The van der Waals surface area contributed by atoms with Crippen molar-refractivity contribution in [2.75, 3.05) is 6.54 Å². The molecular weight excluding hydrogens is 322 g/mol. The summed E-state index contributed by atoms with van der Waals surface area (Å²) in [5.41, 5.74) is 0.834. The SMILES string of the molecule is O=C(CN1C(=O)CCC1=O)NCc1cccc(Oc2ccccn2)c1. The van der Waals surface area contributed by atoms with Crippen LogP contribution in [0, 0.1) is 0 Å². The van der Waals surface area contributed by atoms with Gasteiger partial charge in [-0.1, -0.05) is 18.2 Å². The van der Waals surface area contributed by atoms with Crippen molar-refractivity contribution in [2.24, 2.45) is 0 Å². The van der Waals surface area contributed by atoms with E-state index in [-0.39, 0.29) is 43.7 Å². The molecule has 1 saturated heterocycles. The van der Waals surface area contributed by atoms with Crippen LogP contribution in [-0.4, -0.2) is 34.2 Å². The van der Waals surface area contributed by atoms with Crippen LogP contribution in [0.3, 0.4) is 0 Å². The molecule has 3 amide bonds. The van der Waals surface area contributed by atoms with Crippen LogP contribution in [0.25, 0.3) is 0 Å². The summed E-state index contributed by atoms with van der Waals surface area (Å²) < 4.78 is 5.64. The van der Waals surface area contributed by atoms with Gasteiger partial charge in [-0.3, -0.25) is 19.3 Å². The van der Waals surface area contributed by atoms with Gasteiger partial charge in [0.2, 0.25) is 23.6 Å². The molecule has 0 aliphatic carbocycles. The Hall–Kier alpha value is -3.22. The second-order valence-corrected chi connectivity index (χ2v) is 5.57. The number of rotatable bonds is 6. The Morgan fingerprint density at radius 2 is 1.92 bits per heavy atom. The molecule has 3 rings (SSSR count). The van der Waals surface area contributed by atoms with E-state index in [0.29, 0.717) is 11.6 Å². The first-order chi connectivity index (χ1) is 12.1. The molecule has 1 aliphatic rings. The second-order valence-electron chi connectivity index (χ2n) is 5.57. The van der Waals surface area contributed by atoms with Gasteiger partial charge in [-0.15, -0.1) is 0 Å². The Balaban J connectivity index is 1.54. The summed E-state index contributed by atoms with van der Waals surface area (Å²) in [7, 11) is 0. The average Bonchev–Trinajstić information content (AvgIpc) is 2.93. The summed E-state index contributed by atoms with van der Waals surface area (Å²) in [6.45, 7) is 0.0380. The fourth-order valence-corrected chi connectivity index (χ4v) is 2.45. The Morgan fingerprint density at radius 3 is 2.64 bits per heavy atom. The van der Waals surface area contributed by atoms with Gasteiger partial charge in [0.25, 0.3) is 0 Å². The van der Waals surface area contributed by atoms with Crippen LogP contribution in [0.1, 0.15) is 18.4 Å². The van der Waals surface area contributed by atoms with Gasteiger partial charge in [0.15, 0.2) is 0 Å². The third-order valence-corrected chi connectivity index (χ3v) is 3.70. The summed E-state index contributed by atoms with van der Waals surface area (Å²) in [5, 5.41) is 2.70. The first kappa shape index (κ1) is 16.6. The zero-order chi connectivity index (χ0) is 17.6. The zero-order valence-corrected chi connectivity index (χ0v) is 13.5. The zero-order valence-electron chi connectivity index (χ0n) is 13.5. The van der Waals surface area contributed by atoms with Gasteiger partial charge >= 0.3 is 0 Å². The largest absolute Gasteiger partial charge is 0.439 e. The number of amides is 3. The lowest BCUT2D eigenvalue weighted by atomic mass is 10.2. The minimum atomic E-state index is -0.375. The Labute approximate surface area is 144 Å². The minimum absolute atomic E-state index is 0.180. The standard InChI is InChI=1S/C18H17N3O4/c22-15(12-21-17(23)7-8-18(21)24)20-11-13-4-3-5-14(10-13)25-16-6-1-2-9-19-16/h1-6,9-10H,7-8,11-12H2,(H,20,22). The van der Waals surface area contributed by atoms with Gasteiger partial charge in [-0.05, 0) is 23.8 Å². The highest BCUT2D eigenvalue weighted by molar-refractivity contribution is 6.04. The number of hydrogen-bond acceptors (Lipinski definition) is 5. The van der Waals surface area contributed by atoms with Crippen molar-refractivity contribution in [3.63, 3.8) is 0 Å². The smallest absolute Gasteiger partial charge is 0.240 e. The molecule has 0 unspecified atom stereocenters. The van der Waals surface area contributed by atoms with Crippen molar-refractivity contribution >= 4 is 17.7 Å². The first-order valence-corrected chi connectivity index (χ1v) is 7.89. The number of carbonyl (C=O) groups is 3. The highest BCUT2D eigenvalue weighted by Crippen LogP contribution is 2.20. The Kier molecular flexibility index (Phi) is 5.03. The van der Waals surface area contributed by atoms with E-state index < -0.39 is 0 Å². The molecule has 0 bridgehead atoms. The topological polar surface area (TPSA) is 88.6 Å². The molecule has 0 radical (unpaired) electrons. The molecule has 7 heteroatoms. The molecule has 1 aromatic carbocycles. The molecule has 25 heavy (non-hydrogen) atoms. The van der Waals surface area contributed by atoms with Crippen molar-refractivity contribution in [3.05, 3.63) is 54.2 Å². The maximum absolute atomic E-state index is 11.9. The summed E-state index contributed by atoms with van der Waals surface area (Å²) in [6.07, 6.45) is 2.00. The van der Waals surface area contributed by atoms with Gasteiger partial charge < -0.3 is 10.1 Å². The number of hydrogen-bond donors (Lipinski definition) is 1. The molecular formula is C18H17N3O4. The maximum atomic E-state index is 11.9. The summed E-state index contributed by atoms with van der Waals surface area (Å²) in [4.78, 5) is 40.1. The van der Waals surface area contributed by atoms with E-state index in [1.165, 1.54) is 0 Å². The number of imide groups is 1. The molecule has 7 nitrogen and oxygen atoms in total. The molecule has 2 aromatic rings. The first-order valence-electron chi connectivity index (χ1n) is 7.89. The van der Waals surface area contributed by atoms with Crippen LogP contribution in [0.4, 0.5) is 0 Å². The molecule has 1 aliphatic heterocycles. The fourth-order valence-electron chi connectivity index (χ4n) is 2.45. The number of nitrogens with one attached hydrogen (secondary N) is 1. The lowest BCUT2D eigenvalue weighted by Gasteiger charge is -2.13. The van der Waals surface area contributed by atoms with Crippen molar-refractivity contribution < 1.29 is 19.1 Å². The normalized spacial score (nSPS) is 13.8. The van der Waals surface area contributed by atoms with E-state index in [1.807, 2.05) is 18.2 Å². The summed E-state index contributed by atoms with van der Waals surface area (Å²) in [5.74, 6) is 0.113. The van der Waals surface area contributed by atoms with E-state index >= 15 is 0 Å². The van der Waals surface area contributed by atoms with Gasteiger partial charge in [0.05, 0.1) is 0 Å². The number of nitrogens with zero attached hydrogens (tertiary/aromatic N) is 2. The van der Waals surface area contributed by atoms with Crippen molar-refractivity contribution in [1.29, 1.82) is 0 Å². The van der Waals surface area contributed by atoms with E-state index in [4.69, 9.17) is 4.74 Å². The number of carbonyl (C=O) groups excluding carboxylic acids is 3. The van der Waals surface area contributed by atoms with Crippen molar-refractivity contribution in [1.82, 2.24) is 15.2 Å². The van der Waals surface area contributed by atoms with E-state index in [2.05, 4.69) is 10.3 Å². The Bertz CT molecular complexity index is 776. The molecule has 1 fully saturated rings. The summed E-state index contributed by atoms with van der Waals surface area (Å²) >= 11 is 0. The minimum Gasteiger partial charge on any atom is -0.439 e. The van der Waals surface area contributed by atoms with E-state index in [0.717, 1.165) is 10.5 Å². The van der Waals surface area contributed by atoms with Crippen LogP contribution in [0.2, 0.25) is 0 Å². The van der Waals surface area contributed by atoms with Crippen LogP contribution < -0.4 is 10.1 Å².